The van der Waals surface area contributed by atoms with Gasteiger partial charge in [-0.15, -0.1) is 0 Å². The Hall–Kier alpha value is -0.840. The summed E-state index contributed by atoms with van der Waals surface area (Å²) in [5, 5.41) is 23.7. The van der Waals surface area contributed by atoms with Crippen LogP contribution in [0.1, 0.15) is 132 Å². The summed E-state index contributed by atoms with van der Waals surface area (Å²) in [6, 6.07) is 0. The molecule has 244 valence electrons. The summed E-state index contributed by atoms with van der Waals surface area (Å²) in [7, 11) is 0. The van der Waals surface area contributed by atoms with E-state index in [-0.39, 0.29) is 60.4 Å². The molecular weight excluding hydrogens is 585 g/mol. The predicted molar refractivity (Wildman–Crippen MR) is 180 cm³/mol. The minimum atomic E-state index is -0.838. The number of allylic oxidation sites excluding steroid dienone is 8. The number of hydrogen-bond acceptors (Lipinski definition) is 4. The van der Waals surface area contributed by atoms with Crippen molar-refractivity contribution < 1.29 is 19.8 Å². The molecule has 45 heavy (non-hydrogen) atoms. The van der Waals surface area contributed by atoms with Gasteiger partial charge in [-0.2, -0.15) is 0 Å². The van der Waals surface area contributed by atoms with E-state index in [0.29, 0.717) is 23.7 Å². The Kier molecular flexibility index (Phi) is 11.2. The van der Waals surface area contributed by atoms with Crippen LogP contribution in [0.4, 0.5) is 0 Å². The van der Waals surface area contributed by atoms with E-state index in [1.807, 2.05) is 13.8 Å². The van der Waals surface area contributed by atoms with E-state index < -0.39 is 22.8 Å². The van der Waals surface area contributed by atoms with Gasteiger partial charge in [-0.3, -0.25) is 0 Å². The van der Waals surface area contributed by atoms with Gasteiger partial charge < -0.3 is 19.8 Å². The molecule has 2 unspecified atom stereocenters. The van der Waals surface area contributed by atoms with Crippen molar-refractivity contribution in [3.8, 4) is 0 Å². The van der Waals surface area contributed by atoms with Crippen molar-refractivity contribution in [2.45, 2.75) is 132 Å². The van der Waals surface area contributed by atoms with Crippen LogP contribution < -0.4 is 10.2 Å². The van der Waals surface area contributed by atoms with Crippen molar-refractivity contribution in [3.05, 3.63) is 46.6 Å². The van der Waals surface area contributed by atoms with Crippen LogP contribution in [0.25, 0.3) is 0 Å². The van der Waals surface area contributed by atoms with Crippen molar-refractivity contribution in [2.24, 2.45) is 57.2 Å². The molecule has 0 radical (unpaired) electrons. The number of hydrogen-bond donors (Lipinski definition) is 0. The topological polar surface area (TPSA) is 80.3 Å². The fourth-order valence-electron chi connectivity index (χ4n) is 11.2. The largest absolute Gasteiger partial charge is 2.00 e. The van der Waals surface area contributed by atoms with E-state index in [0.717, 1.165) is 51.4 Å². The van der Waals surface area contributed by atoms with E-state index in [1.165, 1.54) is 36.8 Å². The average molecular weight is 643 g/mol. The Morgan fingerprint density at radius 1 is 0.667 bits per heavy atom. The van der Waals surface area contributed by atoms with Gasteiger partial charge in [0.25, 0.3) is 0 Å². The van der Waals surface area contributed by atoms with Gasteiger partial charge in [0.05, 0.1) is 0 Å². The van der Waals surface area contributed by atoms with Crippen LogP contribution in [0.15, 0.2) is 46.6 Å². The number of carbonyl (C=O) groups is 2. The van der Waals surface area contributed by atoms with E-state index in [1.54, 1.807) is 11.1 Å². The van der Waals surface area contributed by atoms with Crippen molar-refractivity contribution in [2.75, 3.05) is 0 Å². The quantitative estimate of drug-likeness (QED) is 0.300. The van der Waals surface area contributed by atoms with Crippen LogP contribution in [0.3, 0.4) is 0 Å². The summed E-state index contributed by atoms with van der Waals surface area (Å²) < 4.78 is 0. The molecule has 0 aromatic heterocycles. The molecule has 0 amide bonds. The molecule has 8 atom stereocenters. The molecule has 4 nitrogen and oxygen atoms in total. The van der Waals surface area contributed by atoms with E-state index >= 15 is 0 Å². The summed E-state index contributed by atoms with van der Waals surface area (Å²) in [5.74, 6) is 1.08. The summed E-state index contributed by atoms with van der Waals surface area (Å²) in [4.78, 5) is 23.7. The monoisotopic (exact) mass is 642 g/mol. The number of rotatable bonds is 4. The molecule has 5 heteroatoms. The predicted octanol–water partition coefficient (Wildman–Crippen LogP) is 7.36. The van der Waals surface area contributed by atoms with Crippen molar-refractivity contribution in [1.29, 1.82) is 0 Å². The third-order valence-corrected chi connectivity index (χ3v) is 14.1. The molecule has 0 bridgehead atoms. The van der Waals surface area contributed by atoms with Crippen LogP contribution in [-0.2, 0) is 9.59 Å². The maximum atomic E-state index is 11.8. The fraction of sp³-hybridized carbons (Fsp3) is 0.750. The molecule has 2 fully saturated rings. The minimum absolute atomic E-state index is 0. The molecule has 0 aromatic carbocycles. The molecule has 2 saturated carbocycles. The molecule has 0 aromatic rings. The second-order valence-electron chi connectivity index (χ2n) is 17.0. The molecular formula is C40H58CaO4. The average Bonchev–Trinajstić information content (AvgIpc) is 2.96. The zero-order valence-electron chi connectivity index (χ0n) is 29.6. The first-order valence-corrected chi connectivity index (χ1v) is 17.8. The number of carboxylic acids is 2. The van der Waals surface area contributed by atoms with Gasteiger partial charge in [-0.1, -0.05) is 104 Å². The van der Waals surface area contributed by atoms with Gasteiger partial charge in [0.15, 0.2) is 0 Å². The standard InChI is InChI=1S/2C20H30O2.Ca/c2*1-13(2)14-6-8-16-15(12-14)7-9-17-19(16,3)10-5-11-20(17,4)18(21)22;/h2*7,12-13,16-17H,5-6,8-11H2,1-4H3,(H,21,22);/q;;+2/p-2/t2*16-,17?,19+,20+;/m00./s1. The van der Waals surface area contributed by atoms with Crippen molar-refractivity contribution in [3.63, 3.8) is 0 Å². The zero-order chi connectivity index (χ0) is 32.2. The second kappa shape index (κ2) is 13.6. The van der Waals surface area contributed by atoms with Gasteiger partial charge in [-0.05, 0) is 122 Å². The van der Waals surface area contributed by atoms with E-state index in [4.69, 9.17) is 0 Å². The minimum Gasteiger partial charge on any atom is -0.550 e. The molecule has 0 spiro atoms. The maximum Gasteiger partial charge on any atom is 2.00 e. The van der Waals surface area contributed by atoms with Gasteiger partial charge in [-0.25, -0.2) is 0 Å². The molecule has 6 aliphatic carbocycles. The van der Waals surface area contributed by atoms with Crippen LogP contribution >= 0.6 is 0 Å². The molecule has 0 heterocycles. The second-order valence-corrected chi connectivity index (χ2v) is 17.0. The number of fused-ring (bicyclic) bond motifs is 6. The number of aliphatic carboxylic acids is 2. The molecule has 0 aliphatic heterocycles. The van der Waals surface area contributed by atoms with Crippen molar-refractivity contribution >= 4 is 49.7 Å². The smallest absolute Gasteiger partial charge is 0.550 e. The Bertz CT molecular complexity index is 1190. The SMILES string of the molecule is CC(C)C1=CC2=CCC3[C@](C)(C(=O)[O-])CCC[C@]3(C)[C@H]2CC1.CC(C)C1=CC2=CCC3[C@](C)(C(=O)[O-])CCC[C@]3(C)[C@H]2CC1.[Ca+2]. The number of carboxylic acid groups (broad SMARTS) is 2. The zero-order valence-corrected chi connectivity index (χ0v) is 31.8. The van der Waals surface area contributed by atoms with Crippen LogP contribution in [0, 0.1) is 57.2 Å². The molecule has 0 N–H and O–H groups in total. The first-order valence-electron chi connectivity index (χ1n) is 17.8. The van der Waals surface area contributed by atoms with Crippen LogP contribution in [0.2, 0.25) is 0 Å². The maximum absolute atomic E-state index is 11.8. The van der Waals surface area contributed by atoms with Crippen LogP contribution in [-0.4, -0.2) is 49.7 Å². The van der Waals surface area contributed by atoms with E-state index in [2.05, 4.69) is 65.8 Å². The van der Waals surface area contributed by atoms with E-state index in [9.17, 15) is 19.8 Å². The Balaban J connectivity index is 0.000000200. The summed E-state index contributed by atoms with van der Waals surface area (Å²) in [5.41, 5.74) is 5.01. The fourth-order valence-corrected chi connectivity index (χ4v) is 11.2. The van der Waals surface area contributed by atoms with Crippen molar-refractivity contribution in [1.82, 2.24) is 0 Å². The Labute approximate surface area is 303 Å². The molecule has 0 saturated heterocycles. The van der Waals surface area contributed by atoms with Gasteiger partial charge in [0.1, 0.15) is 0 Å². The normalized spacial score (nSPS) is 40.4. The first kappa shape index (κ1) is 37.0. The first-order chi connectivity index (χ1) is 20.6. The molecule has 6 rings (SSSR count). The summed E-state index contributed by atoms with van der Waals surface area (Å²) in [6.45, 7) is 17.7. The number of carbonyl (C=O) groups excluding carboxylic acids is 2. The van der Waals surface area contributed by atoms with Crippen LogP contribution in [0.5, 0.6) is 0 Å². The molecule has 6 aliphatic rings. The van der Waals surface area contributed by atoms with Gasteiger partial charge in [0, 0.05) is 22.8 Å². The third-order valence-electron chi connectivity index (χ3n) is 14.1. The third kappa shape index (κ3) is 6.37. The Morgan fingerprint density at radius 2 is 1.02 bits per heavy atom. The summed E-state index contributed by atoms with van der Waals surface area (Å²) in [6.07, 6.45) is 21.9. The summed E-state index contributed by atoms with van der Waals surface area (Å²) >= 11 is 0. The Morgan fingerprint density at radius 3 is 1.33 bits per heavy atom. The van der Waals surface area contributed by atoms with Gasteiger partial charge in [0.2, 0.25) is 0 Å². The van der Waals surface area contributed by atoms with Gasteiger partial charge >= 0.3 is 37.7 Å².